The summed E-state index contributed by atoms with van der Waals surface area (Å²) in [6, 6.07) is 0. The Balaban J connectivity index is -0.000000218. The first-order valence-electron chi connectivity index (χ1n) is 20.3. The van der Waals surface area contributed by atoms with Crippen molar-refractivity contribution < 1.29 is 56.7 Å². The molecule has 9 heteroatoms. The van der Waals surface area contributed by atoms with Crippen molar-refractivity contribution in [3.05, 3.63) is 48.6 Å². The molecule has 0 aromatic carbocycles. The van der Waals surface area contributed by atoms with E-state index in [1.165, 1.54) is 142 Å². The van der Waals surface area contributed by atoms with E-state index in [-0.39, 0.29) is 41.1 Å². The van der Waals surface area contributed by atoms with Gasteiger partial charge < -0.3 is 30.0 Å². The van der Waals surface area contributed by atoms with E-state index >= 15 is 0 Å². The molecule has 8 nitrogen and oxygen atoms in total. The molecule has 0 fully saturated rings. The Bertz CT molecular complexity index is 828. The van der Waals surface area contributed by atoms with Crippen molar-refractivity contribution in [3.8, 4) is 0 Å². The van der Waals surface area contributed by atoms with Crippen molar-refractivity contribution in [1.29, 1.82) is 0 Å². The third kappa shape index (κ3) is 71.5. The van der Waals surface area contributed by atoms with Gasteiger partial charge in [-0.3, -0.25) is 0 Å². The summed E-state index contributed by atoms with van der Waals surface area (Å²) in [6.45, 7) is 13.7. The van der Waals surface area contributed by atoms with E-state index in [4.69, 9.17) is 10.2 Å². The Labute approximate surface area is 335 Å². The van der Waals surface area contributed by atoms with Gasteiger partial charge in [-0.05, 0) is 90.9 Å². The van der Waals surface area contributed by atoms with Gasteiger partial charge in [-0.2, -0.15) is 0 Å². The number of carboxylic acid groups (broad SMARTS) is 4. The molecule has 0 aliphatic carbocycles. The van der Waals surface area contributed by atoms with Crippen molar-refractivity contribution >= 4 is 23.9 Å². The van der Waals surface area contributed by atoms with E-state index < -0.39 is 23.9 Å². The van der Waals surface area contributed by atoms with Gasteiger partial charge in [0.15, 0.2) is 0 Å². The molecular weight excluding hydrogens is 720 g/mol. The number of hydrogen-bond acceptors (Lipinski definition) is 6. The summed E-state index contributed by atoms with van der Waals surface area (Å²) in [4.78, 5) is 39.6. The van der Waals surface area contributed by atoms with E-state index in [1.54, 1.807) is 0 Å². The predicted molar refractivity (Wildman–Crippen MR) is 214 cm³/mol. The predicted octanol–water partition coefficient (Wildman–Crippen LogP) is 10.8. The van der Waals surface area contributed by atoms with Gasteiger partial charge in [-0.15, -0.1) is 0 Å². The molecule has 0 amide bonds. The second-order valence-corrected chi connectivity index (χ2v) is 13.6. The number of unbranched alkanes of at least 4 members (excludes halogenated alkanes) is 22. The van der Waals surface area contributed by atoms with Crippen LogP contribution in [0.3, 0.4) is 0 Å². The van der Waals surface area contributed by atoms with E-state index in [2.05, 4.69) is 51.3 Å². The molecule has 53 heavy (non-hydrogen) atoms. The van der Waals surface area contributed by atoms with E-state index in [0.717, 1.165) is 38.5 Å². The van der Waals surface area contributed by atoms with Crippen LogP contribution in [0.5, 0.6) is 0 Å². The molecule has 0 saturated carbocycles. The van der Waals surface area contributed by atoms with E-state index in [9.17, 15) is 29.4 Å². The average Bonchev–Trinajstić information content (AvgIpc) is 3.08. The van der Waals surface area contributed by atoms with Gasteiger partial charge in [-0.1, -0.05) is 154 Å². The van der Waals surface area contributed by atoms with Crippen LogP contribution in [0.4, 0.5) is 0 Å². The molecule has 0 unspecified atom stereocenters. The molecular formula is C44H78CuO8. The Morgan fingerprint density at radius 3 is 0.811 bits per heavy atom. The van der Waals surface area contributed by atoms with Crippen molar-refractivity contribution in [1.82, 2.24) is 0 Å². The second kappa shape index (κ2) is 51.5. The average molecular weight is 799 g/mol. The van der Waals surface area contributed by atoms with Crippen LogP contribution < -0.4 is 10.2 Å². The first-order valence-corrected chi connectivity index (χ1v) is 20.3. The smallest absolute Gasteiger partial charge is 0.550 e. The minimum Gasteiger partial charge on any atom is -0.550 e. The first-order chi connectivity index (χ1) is 24.8. The van der Waals surface area contributed by atoms with Crippen LogP contribution in [0.1, 0.15) is 207 Å². The quantitative estimate of drug-likeness (QED) is 0.0295. The van der Waals surface area contributed by atoms with Gasteiger partial charge in [0.2, 0.25) is 0 Å². The summed E-state index contributed by atoms with van der Waals surface area (Å²) < 4.78 is 0. The maximum Gasteiger partial charge on any atom is 2.00 e. The molecule has 0 aliphatic heterocycles. The molecule has 0 bridgehead atoms. The summed E-state index contributed by atoms with van der Waals surface area (Å²) in [7, 11) is 0. The van der Waals surface area contributed by atoms with Crippen molar-refractivity contribution in [2.24, 2.45) is 0 Å². The minimum atomic E-state index is -0.935. The van der Waals surface area contributed by atoms with Crippen molar-refractivity contribution in [2.75, 3.05) is 0 Å². The molecule has 1 radical (unpaired) electrons. The van der Waals surface area contributed by atoms with Crippen LogP contribution in [-0.2, 0) is 36.2 Å². The number of aliphatic carboxylic acids is 4. The van der Waals surface area contributed by atoms with Gasteiger partial charge in [-0.25, -0.2) is 9.59 Å². The Hall–Kier alpha value is -2.64. The zero-order valence-corrected chi connectivity index (χ0v) is 35.1. The Morgan fingerprint density at radius 2 is 0.623 bits per heavy atom. The molecule has 0 aliphatic rings. The fourth-order valence-electron chi connectivity index (χ4n) is 4.68. The molecule has 0 aromatic heterocycles. The SMILES string of the molecule is C=C(C)C(=O)O.C=C(C)C(=O)O.CCCCCCCC/C=C\CCCCCCCC(=O)[O-].CCCCCCCC/C=C\CCCCCCCC(=O)[O-].[Cu+2]. The summed E-state index contributed by atoms with van der Waals surface area (Å²) in [5.41, 5.74) is 0.352. The van der Waals surface area contributed by atoms with Gasteiger partial charge in [0.25, 0.3) is 0 Å². The van der Waals surface area contributed by atoms with Crippen LogP contribution in [-0.4, -0.2) is 34.1 Å². The van der Waals surface area contributed by atoms with Gasteiger partial charge in [0.05, 0.1) is 0 Å². The third-order valence-electron chi connectivity index (χ3n) is 8.02. The van der Waals surface area contributed by atoms with Gasteiger partial charge in [0.1, 0.15) is 0 Å². The molecule has 0 aromatic rings. The number of carbonyl (C=O) groups is 4. The summed E-state index contributed by atoms with van der Waals surface area (Å²) in [5.74, 6) is -3.70. The third-order valence-corrected chi connectivity index (χ3v) is 8.02. The topological polar surface area (TPSA) is 155 Å². The zero-order chi connectivity index (χ0) is 40.1. The van der Waals surface area contributed by atoms with Gasteiger partial charge in [0, 0.05) is 23.1 Å². The number of rotatable bonds is 32. The number of carboxylic acids is 4. The molecule has 2 N–H and O–H groups in total. The summed E-state index contributed by atoms with van der Waals surface area (Å²) in [5, 5.41) is 36.2. The molecule has 0 atom stereocenters. The fraction of sp³-hybridized carbons (Fsp3) is 0.727. The van der Waals surface area contributed by atoms with Crippen molar-refractivity contribution in [2.45, 2.75) is 207 Å². The van der Waals surface area contributed by atoms with Crippen LogP contribution in [0.25, 0.3) is 0 Å². The minimum absolute atomic E-state index is 0. The van der Waals surface area contributed by atoms with Crippen LogP contribution >= 0.6 is 0 Å². The van der Waals surface area contributed by atoms with Crippen LogP contribution in [0.2, 0.25) is 0 Å². The molecule has 0 rings (SSSR count). The largest absolute Gasteiger partial charge is 2.00 e. The van der Waals surface area contributed by atoms with E-state index in [0.29, 0.717) is 0 Å². The standard InChI is InChI=1S/2C18H34O2.2C4H6O2.Cu/c2*1-2-3-4-5-6-7-8-9-10-11-12-13-14-15-16-17-18(19)20;2*1-3(2)4(5)6;/h2*9-10H,2-8,11-17H2,1H3,(H,19,20);2*1H2,2H3,(H,5,6);/q;;;;+2/p-2/b2*10-9-;;;. The summed E-state index contributed by atoms with van der Waals surface area (Å²) in [6.07, 6.45) is 41.8. The second-order valence-electron chi connectivity index (χ2n) is 13.6. The summed E-state index contributed by atoms with van der Waals surface area (Å²) >= 11 is 0. The fourth-order valence-corrected chi connectivity index (χ4v) is 4.68. The molecule has 0 saturated heterocycles. The maximum atomic E-state index is 10.2. The molecule has 313 valence electrons. The number of hydrogen-bond donors (Lipinski definition) is 2. The normalized spacial score (nSPS) is 10.2. The first kappa shape index (κ1) is 59.6. The van der Waals surface area contributed by atoms with Crippen molar-refractivity contribution in [3.63, 3.8) is 0 Å². The van der Waals surface area contributed by atoms with Gasteiger partial charge >= 0.3 is 29.0 Å². The van der Waals surface area contributed by atoms with Crippen LogP contribution in [0, 0.1) is 0 Å². The number of allylic oxidation sites excluding steroid dienone is 4. The Kier molecular flexibility index (Phi) is 57.9. The monoisotopic (exact) mass is 797 g/mol. The zero-order valence-electron chi connectivity index (χ0n) is 34.2. The Morgan fingerprint density at radius 1 is 0.434 bits per heavy atom. The maximum absolute atomic E-state index is 10.2. The van der Waals surface area contributed by atoms with Crippen LogP contribution in [0.15, 0.2) is 48.6 Å². The molecule has 0 heterocycles. The molecule has 0 spiro atoms. The number of carbonyl (C=O) groups excluding carboxylic acids is 2. The van der Waals surface area contributed by atoms with E-state index in [1.807, 2.05) is 0 Å².